The van der Waals surface area contributed by atoms with Crippen molar-refractivity contribution in [3.8, 4) is 16.9 Å². The zero-order valence-corrected chi connectivity index (χ0v) is 16.5. The molecule has 3 rings (SSSR count). The minimum atomic E-state index is -0.104. The van der Waals surface area contributed by atoms with E-state index < -0.39 is 0 Å². The second-order valence-electron chi connectivity index (χ2n) is 6.33. The average Bonchev–Trinajstić information content (AvgIpc) is 2.78. The number of aromatic nitrogens is 2. The summed E-state index contributed by atoms with van der Waals surface area (Å²) in [4.78, 5) is 22.7. The zero-order valence-electron chi connectivity index (χ0n) is 16.5. The highest BCUT2D eigenvalue weighted by Crippen LogP contribution is 2.22. The molecule has 0 aliphatic carbocycles. The number of amides is 1. The van der Waals surface area contributed by atoms with Crippen LogP contribution in [0.15, 0.2) is 60.9 Å². The molecule has 3 aromatic rings. The molecule has 0 saturated carbocycles. The smallest absolute Gasteiger partial charge is 0.253 e. The third kappa shape index (κ3) is 5.08. The first kappa shape index (κ1) is 20.3. The fourth-order valence-electron chi connectivity index (χ4n) is 2.86. The number of benzene rings is 2. The molecule has 2 aromatic carbocycles. The first-order valence-corrected chi connectivity index (χ1v) is 9.38. The average molecular weight is 392 g/mol. The maximum Gasteiger partial charge on any atom is 0.253 e. The van der Waals surface area contributed by atoms with Gasteiger partial charge in [-0.2, -0.15) is 0 Å². The van der Waals surface area contributed by atoms with Crippen LogP contribution in [0.5, 0.6) is 5.75 Å². The molecule has 0 fully saturated rings. The number of carbonyl (C=O) groups excluding carboxylic acids is 1. The van der Waals surface area contributed by atoms with Gasteiger partial charge in [-0.15, -0.1) is 0 Å². The van der Waals surface area contributed by atoms with Crippen LogP contribution in [0.2, 0.25) is 0 Å². The maximum absolute atomic E-state index is 12.4. The Hall–Kier alpha value is -3.45. The molecule has 0 radical (unpaired) electrons. The van der Waals surface area contributed by atoms with E-state index in [1.165, 1.54) is 0 Å². The number of rotatable bonds is 8. The Morgan fingerprint density at radius 1 is 1.03 bits per heavy atom. The van der Waals surface area contributed by atoms with E-state index in [4.69, 9.17) is 9.84 Å². The summed E-state index contributed by atoms with van der Waals surface area (Å²) in [5.41, 5.74) is 3.26. The van der Waals surface area contributed by atoms with Gasteiger partial charge in [0, 0.05) is 42.3 Å². The Balaban J connectivity index is 1.66. The SMILES string of the molecule is CCN(CCO)C(=O)c1ccc(Nc2ncc(-c3ccc(OC)cc3)cn2)cc1. The van der Waals surface area contributed by atoms with Crippen molar-refractivity contribution >= 4 is 17.5 Å². The summed E-state index contributed by atoms with van der Waals surface area (Å²) >= 11 is 0. The highest BCUT2D eigenvalue weighted by atomic mass is 16.5. The van der Waals surface area contributed by atoms with E-state index in [0.717, 1.165) is 22.6 Å². The fraction of sp³-hybridized carbons (Fsp3) is 0.227. The van der Waals surface area contributed by atoms with Crippen molar-refractivity contribution in [3.05, 3.63) is 66.5 Å². The van der Waals surface area contributed by atoms with E-state index in [-0.39, 0.29) is 12.5 Å². The van der Waals surface area contributed by atoms with Crippen LogP contribution in [-0.4, -0.2) is 52.7 Å². The van der Waals surface area contributed by atoms with Crippen LogP contribution in [-0.2, 0) is 0 Å². The molecule has 1 amide bonds. The molecule has 0 saturated heterocycles. The lowest BCUT2D eigenvalue weighted by Crippen LogP contribution is -2.33. The van der Waals surface area contributed by atoms with E-state index in [1.807, 2.05) is 31.2 Å². The lowest BCUT2D eigenvalue weighted by molar-refractivity contribution is 0.0732. The first-order valence-electron chi connectivity index (χ1n) is 9.38. The topological polar surface area (TPSA) is 87.6 Å². The quantitative estimate of drug-likeness (QED) is 0.611. The zero-order chi connectivity index (χ0) is 20.6. The molecule has 0 aliphatic heterocycles. The molecular formula is C22H24N4O3. The van der Waals surface area contributed by atoms with Crippen LogP contribution in [0.25, 0.3) is 11.1 Å². The van der Waals surface area contributed by atoms with E-state index >= 15 is 0 Å². The van der Waals surface area contributed by atoms with Crippen molar-refractivity contribution in [3.63, 3.8) is 0 Å². The molecule has 150 valence electrons. The van der Waals surface area contributed by atoms with E-state index in [2.05, 4.69) is 15.3 Å². The minimum absolute atomic E-state index is 0.0525. The molecule has 0 spiro atoms. The molecule has 0 bridgehead atoms. The summed E-state index contributed by atoms with van der Waals surface area (Å²) in [7, 11) is 1.63. The highest BCUT2D eigenvalue weighted by Gasteiger charge is 2.13. The van der Waals surface area contributed by atoms with Crippen LogP contribution in [0, 0.1) is 0 Å². The molecule has 0 unspecified atom stereocenters. The van der Waals surface area contributed by atoms with E-state index in [0.29, 0.717) is 24.6 Å². The van der Waals surface area contributed by atoms with Crippen molar-refractivity contribution in [1.29, 1.82) is 0 Å². The van der Waals surface area contributed by atoms with Crippen molar-refractivity contribution in [2.75, 3.05) is 32.1 Å². The van der Waals surface area contributed by atoms with Gasteiger partial charge in [0.1, 0.15) is 5.75 Å². The van der Waals surface area contributed by atoms with Gasteiger partial charge in [-0.05, 0) is 48.9 Å². The summed E-state index contributed by atoms with van der Waals surface area (Å²) in [6, 6.07) is 14.8. The van der Waals surface area contributed by atoms with Crippen molar-refractivity contribution in [1.82, 2.24) is 14.9 Å². The molecular weight excluding hydrogens is 368 g/mol. The number of ether oxygens (including phenoxy) is 1. The van der Waals surface area contributed by atoms with Crippen molar-refractivity contribution in [2.45, 2.75) is 6.92 Å². The lowest BCUT2D eigenvalue weighted by Gasteiger charge is -2.19. The monoisotopic (exact) mass is 392 g/mol. The fourth-order valence-corrected chi connectivity index (χ4v) is 2.86. The number of methoxy groups -OCH3 is 1. The Bertz CT molecular complexity index is 926. The Labute approximate surface area is 170 Å². The number of nitrogens with zero attached hydrogens (tertiary/aromatic N) is 3. The molecule has 1 heterocycles. The summed E-state index contributed by atoms with van der Waals surface area (Å²) in [5.74, 6) is 1.17. The number of hydrogen-bond donors (Lipinski definition) is 2. The predicted molar refractivity (Wildman–Crippen MR) is 112 cm³/mol. The largest absolute Gasteiger partial charge is 0.497 e. The molecule has 0 atom stereocenters. The van der Waals surface area contributed by atoms with Gasteiger partial charge < -0.3 is 20.1 Å². The summed E-state index contributed by atoms with van der Waals surface area (Å²) in [6.45, 7) is 2.71. The third-order valence-electron chi connectivity index (χ3n) is 4.50. The van der Waals surface area contributed by atoms with Gasteiger partial charge in [-0.25, -0.2) is 9.97 Å². The van der Waals surface area contributed by atoms with Crippen LogP contribution in [0.1, 0.15) is 17.3 Å². The Morgan fingerprint density at radius 3 is 2.24 bits per heavy atom. The van der Waals surface area contributed by atoms with Crippen LogP contribution in [0.4, 0.5) is 11.6 Å². The summed E-state index contributed by atoms with van der Waals surface area (Å²) in [5, 5.41) is 12.2. The van der Waals surface area contributed by atoms with Crippen LogP contribution >= 0.6 is 0 Å². The van der Waals surface area contributed by atoms with Crippen LogP contribution in [0.3, 0.4) is 0 Å². The number of nitrogens with one attached hydrogen (secondary N) is 1. The summed E-state index contributed by atoms with van der Waals surface area (Å²) in [6.07, 6.45) is 3.51. The molecule has 0 aliphatic rings. The second kappa shape index (κ2) is 9.66. The maximum atomic E-state index is 12.4. The first-order chi connectivity index (χ1) is 14.1. The lowest BCUT2D eigenvalue weighted by atomic mass is 10.1. The summed E-state index contributed by atoms with van der Waals surface area (Å²) < 4.78 is 5.17. The molecule has 29 heavy (non-hydrogen) atoms. The number of carbonyl (C=O) groups is 1. The number of aliphatic hydroxyl groups excluding tert-OH is 1. The van der Waals surface area contributed by atoms with Gasteiger partial charge in [0.15, 0.2) is 0 Å². The van der Waals surface area contributed by atoms with Crippen molar-refractivity contribution in [2.24, 2.45) is 0 Å². The van der Waals surface area contributed by atoms with Crippen LogP contribution < -0.4 is 10.1 Å². The van der Waals surface area contributed by atoms with Crippen molar-refractivity contribution < 1.29 is 14.6 Å². The highest BCUT2D eigenvalue weighted by molar-refractivity contribution is 5.94. The van der Waals surface area contributed by atoms with Gasteiger partial charge in [-0.1, -0.05) is 12.1 Å². The third-order valence-corrected chi connectivity index (χ3v) is 4.50. The molecule has 7 heteroatoms. The van der Waals surface area contributed by atoms with Gasteiger partial charge in [-0.3, -0.25) is 4.79 Å². The predicted octanol–water partition coefficient (Wildman–Crippen LogP) is 3.35. The van der Waals surface area contributed by atoms with Gasteiger partial charge in [0.25, 0.3) is 5.91 Å². The number of likely N-dealkylation sites (N-methyl/N-ethyl adjacent to an activating group) is 1. The number of hydrogen-bond acceptors (Lipinski definition) is 6. The second-order valence-corrected chi connectivity index (χ2v) is 6.33. The molecule has 2 N–H and O–H groups in total. The molecule has 7 nitrogen and oxygen atoms in total. The Morgan fingerprint density at radius 2 is 1.69 bits per heavy atom. The van der Waals surface area contributed by atoms with E-state index in [1.54, 1.807) is 48.7 Å². The van der Waals surface area contributed by atoms with Gasteiger partial charge >= 0.3 is 0 Å². The van der Waals surface area contributed by atoms with E-state index in [9.17, 15) is 4.79 Å². The van der Waals surface area contributed by atoms with Gasteiger partial charge in [0.2, 0.25) is 5.95 Å². The molecule has 1 aromatic heterocycles. The Kier molecular flexibility index (Phi) is 6.76. The number of aliphatic hydroxyl groups is 1. The number of anilines is 2. The minimum Gasteiger partial charge on any atom is -0.497 e. The van der Waals surface area contributed by atoms with Gasteiger partial charge in [0.05, 0.1) is 13.7 Å². The standard InChI is InChI=1S/C22H24N4O3/c1-3-26(12-13-27)21(28)17-4-8-19(9-5-17)25-22-23-14-18(15-24-22)16-6-10-20(29-2)11-7-16/h4-11,14-15,27H,3,12-13H2,1-2H3,(H,23,24,25). The normalized spacial score (nSPS) is 10.4.